The van der Waals surface area contributed by atoms with Gasteiger partial charge in [0.25, 0.3) is 0 Å². The molecule has 1 aliphatic carbocycles. The van der Waals surface area contributed by atoms with Crippen LogP contribution in [0.15, 0.2) is 18.2 Å². The highest BCUT2D eigenvalue weighted by atomic mass is 19.2. The molecule has 1 aromatic rings. The Hall–Kier alpha value is -1.57. The summed E-state index contributed by atoms with van der Waals surface area (Å²) < 4.78 is 31.7. The van der Waals surface area contributed by atoms with E-state index in [1.165, 1.54) is 6.07 Å². The van der Waals surface area contributed by atoms with E-state index in [0.29, 0.717) is 25.9 Å². The van der Waals surface area contributed by atoms with Crippen molar-refractivity contribution in [1.82, 2.24) is 10.2 Å². The number of methoxy groups -OCH3 is 1. The summed E-state index contributed by atoms with van der Waals surface area (Å²) in [5.74, 6) is -1.56. The molecule has 0 spiro atoms. The molecule has 144 valence electrons. The van der Waals surface area contributed by atoms with E-state index < -0.39 is 11.6 Å². The number of likely N-dealkylation sites (tertiary alicyclic amines) is 1. The molecule has 0 unspecified atom stereocenters. The van der Waals surface area contributed by atoms with Crippen molar-refractivity contribution < 1.29 is 18.3 Å². The van der Waals surface area contributed by atoms with E-state index in [1.807, 2.05) is 0 Å². The second-order valence-corrected chi connectivity index (χ2v) is 7.50. The molecule has 26 heavy (non-hydrogen) atoms. The van der Waals surface area contributed by atoms with Crippen LogP contribution in [0.5, 0.6) is 0 Å². The summed E-state index contributed by atoms with van der Waals surface area (Å²) in [6.45, 7) is 2.67. The van der Waals surface area contributed by atoms with Gasteiger partial charge in [-0.05, 0) is 43.4 Å². The van der Waals surface area contributed by atoms with Crippen LogP contribution in [0.3, 0.4) is 0 Å². The molecule has 0 atom stereocenters. The first-order valence-corrected chi connectivity index (χ1v) is 9.16. The van der Waals surface area contributed by atoms with Gasteiger partial charge in [0, 0.05) is 45.2 Å². The van der Waals surface area contributed by atoms with Gasteiger partial charge in [-0.1, -0.05) is 6.07 Å². The number of hydrogen-bond donors (Lipinski definition) is 2. The van der Waals surface area contributed by atoms with Crippen LogP contribution >= 0.6 is 0 Å². The van der Waals surface area contributed by atoms with Crippen LogP contribution in [-0.2, 0) is 16.1 Å². The molecule has 1 amide bonds. The second-order valence-electron chi connectivity index (χ2n) is 7.50. The van der Waals surface area contributed by atoms with Crippen LogP contribution in [0, 0.1) is 17.6 Å². The zero-order chi connectivity index (χ0) is 18.7. The first kappa shape index (κ1) is 19.2. The molecular weight excluding hydrogens is 340 g/mol. The zero-order valence-electron chi connectivity index (χ0n) is 15.1. The largest absolute Gasteiger partial charge is 0.377 e. The molecule has 2 aliphatic rings. The van der Waals surface area contributed by atoms with Gasteiger partial charge in [0.05, 0.1) is 5.60 Å². The third-order valence-electron chi connectivity index (χ3n) is 5.74. The molecule has 1 heterocycles. The third-order valence-corrected chi connectivity index (χ3v) is 5.74. The van der Waals surface area contributed by atoms with Crippen molar-refractivity contribution in [3.05, 3.63) is 35.4 Å². The topological polar surface area (TPSA) is 67.6 Å². The molecule has 0 aromatic heterocycles. The SMILES string of the molecule is COC1(CN)CC(C(=O)NC2CCN(Cc3ccc(F)c(F)c3)CC2)C1. The quantitative estimate of drug-likeness (QED) is 0.805. The van der Waals surface area contributed by atoms with Crippen molar-refractivity contribution in [2.24, 2.45) is 11.7 Å². The lowest BCUT2D eigenvalue weighted by Crippen LogP contribution is -2.57. The van der Waals surface area contributed by atoms with Gasteiger partial charge in [-0.15, -0.1) is 0 Å². The highest BCUT2D eigenvalue weighted by molar-refractivity contribution is 5.80. The number of carbonyl (C=O) groups is 1. The maximum absolute atomic E-state index is 13.3. The summed E-state index contributed by atoms with van der Waals surface area (Å²) in [4.78, 5) is 14.6. The lowest BCUT2D eigenvalue weighted by molar-refractivity contribution is -0.145. The average Bonchev–Trinajstić information content (AvgIpc) is 2.60. The zero-order valence-corrected chi connectivity index (χ0v) is 15.1. The number of ether oxygens (including phenoxy) is 1. The second kappa shape index (κ2) is 7.98. The molecule has 7 heteroatoms. The van der Waals surface area contributed by atoms with E-state index in [-0.39, 0.29) is 23.5 Å². The number of piperidine rings is 1. The van der Waals surface area contributed by atoms with E-state index in [9.17, 15) is 13.6 Å². The summed E-state index contributed by atoms with van der Waals surface area (Å²) in [5.41, 5.74) is 6.15. The Morgan fingerprint density at radius 3 is 2.58 bits per heavy atom. The summed E-state index contributed by atoms with van der Waals surface area (Å²) >= 11 is 0. The highest BCUT2D eigenvalue weighted by Gasteiger charge is 2.47. The number of nitrogens with one attached hydrogen (secondary N) is 1. The maximum Gasteiger partial charge on any atom is 0.223 e. The number of benzene rings is 1. The molecule has 1 aromatic carbocycles. The average molecular weight is 367 g/mol. The lowest BCUT2D eigenvalue weighted by atomic mass is 9.70. The highest BCUT2D eigenvalue weighted by Crippen LogP contribution is 2.40. The minimum Gasteiger partial charge on any atom is -0.377 e. The van der Waals surface area contributed by atoms with Crippen molar-refractivity contribution >= 4 is 5.91 Å². The van der Waals surface area contributed by atoms with Gasteiger partial charge in [-0.2, -0.15) is 0 Å². The van der Waals surface area contributed by atoms with Crippen molar-refractivity contribution in [3.8, 4) is 0 Å². The number of nitrogens with two attached hydrogens (primary N) is 1. The first-order valence-electron chi connectivity index (χ1n) is 9.16. The summed E-state index contributed by atoms with van der Waals surface area (Å²) in [6, 6.07) is 4.19. The van der Waals surface area contributed by atoms with E-state index in [1.54, 1.807) is 13.2 Å². The smallest absolute Gasteiger partial charge is 0.223 e. The van der Waals surface area contributed by atoms with E-state index in [0.717, 1.165) is 37.6 Å². The standard InChI is InChI=1S/C19H27F2N3O2/c1-26-19(12-22)9-14(10-19)18(25)23-15-4-6-24(7-5-15)11-13-2-3-16(20)17(21)8-13/h2-3,8,14-15H,4-7,9-12,22H2,1H3,(H,23,25). The number of rotatable bonds is 6. The number of hydrogen-bond acceptors (Lipinski definition) is 4. The predicted molar refractivity (Wildman–Crippen MR) is 94.3 cm³/mol. The number of amides is 1. The van der Waals surface area contributed by atoms with Crippen molar-refractivity contribution in [3.63, 3.8) is 0 Å². The Balaban J connectivity index is 1.41. The van der Waals surface area contributed by atoms with Gasteiger partial charge >= 0.3 is 0 Å². The van der Waals surface area contributed by atoms with Gasteiger partial charge in [0.1, 0.15) is 0 Å². The Labute approximate surface area is 152 Å². The Morgan fingerprint density at radius 2 is 2.00 bits per heavy atom. The minimum absolute atomic E-state index is 0.0151. The number of carbonyl (C=O) groups excluding carboxylic acids is 1. The van der Waals surface area contributed by atoms with Gasteiger partial charge < -0.3 is 15.8 Å². The summed E-state index contributed by atoms with van der Waals surface area (Å²) in [6.07, 6.45) is 3.07. The summed E-state index contributed by atoms with van der Waals surface area (Å²) in [5, 5.41) is 3.14. The van der Waals surface area contributed by atoms with Crippen LogP contribution in [0.4, 0.5) is 8.78 Å². The molecule has 1 aliphatic heterocycles. The van der Waals surface area contributed by atoms with Crippen molar-refractivity contribution in [1.29, 1.82) is 0 Å². The minimum atomic E-state index is -0.821. The van der Waals surface area contributed by atoms with Gasteiger partial charge in [0.15, 0.2) is 11.6 Å². The summed E-state index contributed by atoms with van der Waals surface area (Å²) in [7, 11) is 1.64. The van der Waals surface area contributed by atoms with Crippen LogP contribution in [0.1, 0.15) is 31.2 Å². The van der Waals surface area contributed by atoms with Crippen LogP contribution < -0.4 is 11.1 Å². The molecule has 3 N–H and O–H groups in total. The fourth-order valence-electron chi connectivity index (χ4n) is 3.89. The number of nitrogens with zero attached hydrogens (tertiary/aromatic N) is 1. The molecule has 2 fully saturated rings. The fraction of sp³-hybridized carbons (Fsp3) is 0.632. The van der Waals surface area contributed by atoms with E-state index in [2.05, 4.69) is 10.2 Å². The fourth-order valence-corrected chi connectivity index (χ4v) is 3.89. The molecular formula is C19H27F2N3O2. The van der Waals surface area contributed by atoms with Crippen LogP contribution in [0.25, 0.3) is 0 Å². The van der Waals surface area contributed by atoms with E-state index >= 15 is 0 Å². The Bertz CT molecular complexity index is 636. The molecule has 0 radical (unpaired) electrons. The van der Waals surface area contributed by atoms with E-state index in [4.69, 9.17) is 10.5 Å². The van der Waals surface area contributed by atoms with Gasteiger partial charge in [-0.25, -0.2) is 8.78 Å². The molecule has 1 saturated carbocycles. The Morgan fingerprint density at radius 1 is 1.31 bits per heavy atom. The third kappa shape index (κ3) is 4.22. The Kier molecular flexibility index (Phi) is 5.89. The first-order chi connectivity index (χ1) is 12.4. The maximum atomic E-state index is 13.3. The molecule has 3 rings (SSSR count). The molecule has 0 bridgehead atoms. The number of halogens is 2. The van der Waals surface area contributed by atoms with Crippen molar-refractivity contribution in [2.45, 2.75) is 43.9 Å². The lowest BCUT2D eigenvalue weighted by Gasteiger charge is -2.45. The van der Waals surface area contributed by atoms with Crippen LogP contribution in [-0.4, -0.2) is 49.2 Å². The normalized spacial score (nSPS) is 27.2. The van der Waals surface area contributed by atoms with Crippen molar-refractivity contribution in [2.75, 3.05) is 26.7 Å². The molecule has 5 nitrogen and oxygen atoms in total. The van der Waals surface area contributed by atoms with Gasteiger partial charge in [-0.3, -0.25) is 9.69 Å². The van der Waals surface area contributed by atoms with Crippen LogP contribution in [0.2, 0.25) is 0 Å². The van der Waals surface area contributed by atoms with Gasteiger partial charge in [0.2, 0.25) is 5.91 Å². The predicted octanol–water partition coefficient (Wildman–Crippen LogP) is 1.80. The molecule has 1 saturated heterocycles. The monoisotopic (exact) mass is 367 g/mol.